The number of anilines is 1. The standard InChI is InChI=1S/C19H18BrN3O2/c1-11(2)8-22-17-7-13-5-12(19(24)25)3-4-16(13)23-18(17)14-6-15(20)10-21-9-14/h3-7,9-11,22H,8H2,1-2H3,(H,24,25). The zero-order valence-corrected chi connectivity index (χ0v) is 15.5. The topological polar surface area (TPSA) is 75.1 Å². The quantitative estimate of drug-likeness (QED) is 0.642. The fourth-order valence-corrected chi connectivity index (χ4v) is 2.88. The molecule has 0 saturated carbocycles. The van der Waals surface area contributed by atoms with Crippen LogP contribution in [0.5, 0.6) is 0 Å². The van der Waals surface area contributed by atoms with E-state index in [2.05, 4.69) is 40.1 Å². The molecule has 0 aliphatic rings. The number of aromatic carboxylic acids is 1. The highest BCUT2D eigenvalue weighted by molar-refractivity contribution is 9.10. The van der Waals surface area contributed by atoms with Crippen molar-refractivity contribution >= 4 is 38.5 Å². The molecular formula is C19H18BrN3O2. The Labute approximate surface area is 154 Å². The zero-order valence-electron chi connectivity index (χ0n) is 14.0. The second-order valence-corrected chi connectivity index (χ2v) is 7.18. The highest BCUT2D eigenvalue weighted by Crippen LogP contribution is 2.31. The average molecular weight is 400 g/mol. The van der Waals surface area contributed by atoms with Crippen LogP contribution in [0.1, 0.15) is 24.2 Å². The Bertz CT molecular complexity index is 941. The van der Waals surface area contributed by atoms with Crippen LogP contribution in [0.15, 0.2) is 47.2 Å². The minimum atomic E-state index is -0.946. The van der Waals surface area contributed by atoms with Gasteiger partial charge in [0.25, 0.3) is 0 Å². The number of carbonyl (C=O) groups is 1. The van der Waals surface area contributed by atoms with Crippen LogP contribution in [0, 0.1) is 5.92 Å². The third-order valence-corrected chi connectivity index (χ3v) is 4.17. The van der Waals surface area contributed by atoms with Gasteiger partial charge in [0.15, 0.2) is 0 Å². The highest BCUT2D eigenvalue weighted by Gasteiger charge is 2.12. The van der Waals surface area contributed by atoms with Gasteiger partial charge in [-0.05, 0) is 52.2 Å². The van der Waals surface area contributed by atoms with E-state index in [1.54, 1.807) is 30.6 Å². The van der Waals surface area contributed by atoms with Crippen molar-refractivity contribution in [1.29, 1.82) is 0 Å². The van der Waals surface area contributed by atoms with Gasteiger partial charge in [-0.25, -0.2) is 9.78 Å². The van der Waals surface area contributed by atoms with Crippen LogP contribution in [0.2, 0.25) is 0 Å². The molecule has 0 radical (unpaired) electrons. The molecule has 0 bridgehead atoms. The van der Waals surface area contributed by atoms with Gasteiger partial charge in [0.1, 0.15) is 0 Å². The van der Waals surface area contributed by atoms with Crippen LogP contribution in [-0.4, -0.2) is 27.6 Å². The van der Waals surface area contributed by atoms with Crippen LogP contribution < -0.4 is 5.32 Å². The summed E-state index contributed by atoms with van der Waals surface area (Å²) in [6.45, 7) is 5.05. The number of halogens is 1. The minimum Gasteiger partial charge on any atom is -0.478 e. The third kappa shape index (κ3) is 3.96. The van der Waals surface area contributed by atoms with Crippen molar-refractivity contribution in [1.82, 2.24) is 9.97 Å². The Balaban J connectivity index is 2.17. The molecule has 2 heterocycles. The summed E-state index contributed by atoms with van der Waals surface area (Å²) in [6.07, 6.45) is 3.50. The van der Waals surface area contributed by atoms with Gasteiger partial charge in [-0.2, -0.15) is 0 Å². The summed E-state index contributed by atoms with van der Waals surface area (Å²) in [5.74, 6) is -0.478. The molecule has 1 aromatic carbocycles. The SMILES string of the molecule is CC(C)CNc1cc2cc(C(=O)O)ccc2nc1-c1cncc(Br)c1. The molecule has 0 spiro atoms. The van der Waals surface area contributed by atoms with E-state index >= 15 is 0 Å². The summed E-state index contributed by atoms with van der Waals surface area (Å²) in [5, 5.41) is 13.4. The van der Waals surface area contributed by atoms with Crippen LogP contribution in [0.3, 0.4) is 0 Å². The zero-order chi connectivity index (χ0) is 18.0. The van der Waals surface area contributed by atoms with Gasteiger partial charge in [-0.15, -0.1) is 0 Å². The highest BCUT2D eigenvalue weighted by atomic mass is 79.9. The summed E-state index contributed by atoms with van der Waals surface area (Å²) in [5.41, 5.74) is 3.55. The number of carboxylic acids is 1. The van der Waals surface area contributed by atoms with Crippen molar-refractivity contribution in [2.24, 2.45) is 5.92 Å². The number of nitrogens with zero attached hydrogens (tertiary/aromatic N) is 2. The van der Waals surface area contributed by atoms with Crippen molar-refractivity contribution in [3.63, 3.8) is 0 Å². The van der Waals surface area contributed by atoms with Crippen molar-refractivity contribution in [2.75, 3.05) is 11.9 Å². The Morgan fingerprint density at radius 3 is 2.72 bits per heavy atom. The summed E-state index contributed by atoms with van der Waals surface area (Å²) in [6, 6.07) is 8.87. The van der Waals surface area contributed by atoms with Crippen LogP contribution in [0.25, 0.3) is 22.2 Å². The lowest BCUT2D eigenvalue weighted by Crippen LogP contribution is -2.09. The van der Waals surface area contributed by atoms with Crippen molar-refractivity contribution in [3.8, 4) is 11.3 Å². The Morgan fingerprint density at radius 1 is 1.24 bits per heavy atom. The van der Waals surface area contributed by atoms with Gasteiger partial charge >= 0.3 is 5.97 Å². The first kappa shape index (κ1) is 17.4. The molecular weight excluding hydrogens is 382 g/mol. The Kier molecular flexibility index (Phi) is 4.99. The molecule has 3 rings (SSSR count). The smallest absolute Gasteiger partial charge is 0.335 e. The first-order chi connectivity index (χ1) is 11.9. The van der Waals surface area contributed by atoms with E-state index in [1.165, 1.54) is 0 Å². The number of pyridine rings is 2. The second-order valence-electron chi connectivity index (χ2n) is 6.26. The largest absolute Gasteiger partial charge is 0.478 e. The van der Waals surface area contributed by atoms with Crippen molar-refractivity contribution in [2.45, 2.75) is 13.8 Å². The average Bonchev–Trinajstić information content (AvgIpc) is 2.58. The normalized spacial score (nSPS) is 11.0. The molecule has 0 fully saturated rings. The van der Waals surface area contributed by atoms with Crippen molar-refractivity contribution in [3.05, 3.63) is 52.8 Å². The summed E-state index contributed by atoms with van der Waals surface area (Å²) in [4.78, 5) is 20.2. The fourth-order valence-electron chi connectivity index (χ4n) is 2.52. The molecule has 0 amide bonds. The fraction of sp³-hybridized carbons (Fsp3) is 0.211. The summed E-state index contributed by atoms with van der Waals surface area (Å²) in [7, 11) is 0. The lowest BCUT2D eigenvalue weighted by molar-refractivity contribution is 0.0697. The van der Waals surface area contributed by atoms with E-state index in [0.717, 1.165) is 38.9 Å². The predicted octanol–water partition coefficient (Wildman–Crippen LogP) is 4.83. The van der Waals surface area contributed by atoms with Crippen LogP contribution >= 0.6 is 15.9 Å². The summed E-state index contributed by atoms with van der Waals surface area (Å²) < 4.78 is 0.878. The molecule has 6 heteroatoms. The maximum atomic E-state index is 11.2. The molecule has 25 heavy (non-hydrogen) atoms. The number of nitrogens with one attached hydrogen (secondary N) is 1. The second kappa shape index (κ2) is 7.19. The number of hydrogen-bond acceptors (Lipinski definition) is 4. The number of benzene rings is 1. The van der Waals surface area contributed by atoms with E-state index in [4.69, 9.17) is 4.98 Å². The lowest BCUT2D eigenvalue weighted by atomic mass is 10.1. The van der Waals surface area contributed by atoms with E-state index in [1.807, 2.05) is 12.1 Å². The number of carboxylic acid groups (broad SMARTS) is 1. The van der Waals surface area contributed by atoms with Gasteiger partial charge < -0.3 is 10.4 Å². The van der Waals surface area contributed by atoms with E-state index in [0.29, 0.717) is 5.92 Å². The first-order valence-electron chi connectivity index (χ1n) is 7.97. The van der Waals surface area contributed by atoms with Gasteiger partial charge in [0, 0.05) is 34.4 Å². The molecule has 0 atom stereocenters. The van der Waals surface area contributed by atoms with E-state index in [-0.39, 0.29) is 5.56 Å². The van der Waals surface area contributed by atoms with Gasteiger partial charge in [-0.1, -0.05) is 13.8 Å². The third-order valence-electron chi connectivity index (χ3n) is 3.74. The molecule has 0 aliphatic heterocycles. The molecule has 0 aliphatic carbocycles. The van der Waals surface area contributed by atoms with E-state index < -0.39 is 5.97 Å². The Hall–Kier alpha value is -2.47. The maximum Gasteiger partial charge on any atom is 0.335 e. The van der Waals surface area contributed by atoms with Gasteiger partial charge in [-0.3, -0.25) is 4.98 Å². The lowest BCUT2D eigenvalue weighted by Gasteiger charge is -2.15. The number of hydrogen-bond donors (Lipinski definition) is 2. The first-order valence-corrected chi connectivity index (χ1v) is 8.76. The molecule has 2 N–H and O–H groups in total. The molecule has 128 valence electrons. The predicted molar refractivity (Wildman–Crippen MR) is 103 cm³/mol. The maximum absolute atomic E-state index is 11.2. The minimum absolute atomic E-state index is 0.251. The monoisotopic (exact) mass is 399 g/mol. The van der Waals surface area contributed by atoms with Crippen LogP contribution in [-0.2, 0) is 0 Å². The van der Waals surface area contributed by atoms with Crippen LogP contribution in [0.4, 0.5) is 5.69 Å². The number of aromatic nitrogens is 2. The van der Waals surface area contributed by atoms with Gasteiger partial charge in [0.05, 0.1) is 22.5 Å². The molecule has 3 aromatic rings. The number of rotatable bonds is 5. The molecule has 5 nitrogen and oxygen atoms in total. The molecule has 2 aromatic heterocycles. The molecule has 0 saturated heterocycles. The molecule has 0 unspecified atom stereocenters. The van der Waals surface area contributed by atoms with Crippen molar-refractivity contribution < 1.29 is 9.90 Å². The number of fused-ring (bicyclic) bond motifs is 1. The van der Waals surface area contributed by atoms with Gasteiger partial charge in [0.2, 0.25) is 0 Å². The summed E-state index contributed by atoms with van der Waals surface area (Å²) >= 11 is 3.45. The Morgan fingerprint density at radius 2 is 2.04 bits per heavy atom. The van der Waals surface area contributed by atoms with E-state index in [9.17, 15) is 9.90 Å².